The van der Waals surface area contributed by atoms with E-state index in [1.165, 1.54) is 7.05 Å². The Hall–Kier alpha value is -1.02. The second-order valence-electron chi connectivity index (χ2n) is 5.65. The standard InChI is InChI=1S/C11H16BF3N2O2/c1-9(2)10(3,4)19-12(18-9)8-7(11(13,14)15)6-16-17(8)5/h6H,1-5H3. The minimum Gasteiger partial charge on any atom is -0.398 e. The topological polar surface area (TPSA) is 36.3 Å². The van der Waals surface area contributed by atoms with Gasteiger partial charge in [-0.2, -0.15) is 18.3 Å². The molecule has 106 valence electrons. The molecule has 0 N–H and O–H groups in total. The first-order chi connectivity index (χ1) is 8.46. The molecule has 8 heteroatoms. The summed E-state index contributed by atoms with van der Waals surface area (Å²) in [5.41, 5.74) is -2.31. The summed E-state index contributed by atoms with van der Waals surface area (Å²) in [7, 11) is 0.365. The molecule has 1 fully saturated rings. The lowest BCUT2D eigenvalue weighted by Gasteiger charge is -2.32. The molecule has 0 amide bonds. The molecule has 0 aromatic carbocycles. The Kier molecular flexibility index (Phi) is 3.02. The van der Waals surface area contributed by atoms with Gasteiger partial charge in [0.1, 0.15) is 0 Å². The van der Waals surface area contributed by atoms with Crippen molar-refractivity contribution in [3.05, 3.63) is 11.8 Å². The van der Waals surface area contributed by atoms with Gasteiger partial charge < -0.3 is 9.31 Å². The molecule has 0 unspecified atom stereocenters. The lowest BCUT2D eigenvalue weighted by molar-refractivity contribution is -0.136. The maximum atomic E-state index is 12.9. The van der Waals surface area contributed by atoms with Crippen molar-refractivity contribution in [1.29, 1.82) is 0 Å². The monoisotopic (exact) mass is 276 g/mol. The van der Waals surface area contributed by atoms with Gasteiger partial charge in [-0.25, -0.2) is 0 Å². The first kappa shape index (κ1) is 14.4. The number of aromatic nitrogens is 2. The Morgan fingerprint density at radius 2 is 1.63 bits per heavy atom. The van der Waals surface area contributed by atoms with Crippen LogP contribution < -0.4 is 5.59 Å². The Morgan fingerprint density at radius 3 is 2.05 bits per heavy atom. The van der Waals surface area contributed by atoms with Crippen LogP contribution in [0, 0.1) is 0 Å². The molecule has 1 aliphatic rings. The van der Waals surface area contributed by atoms with Crippen LogP contribution in [-0.2, 0) is 22.5 Å². The summed E-state index contributed by atoms with van der Waals surface area (Å²) in [6, 6.07) is 0. The van der Waals surface area contributed by atoms with Crippen molar-refractivity contribution in [2.75, 3.05) is 0 Å². The van der Waals surface area contributed by atoms with Gasteiger partial charge in [0.25, 0.3) is 0 Å². The largest absolute Gasteiger partial charge is 0.514 e. The van der Waals surface area contributed by atoms with E-state index in [1.54, 1.807) is 27.7 Å². The molecule has 2 heterocycles. The van der Waals surface area contributed by atoms with E-state index in [0.29, 0.717) is 0 Å². The third kappa shape index (κ3) is 2.27. The highest BCUT2D eigenvalue weighted by atomic mass is 19.4. The van der Waals surface area contributed by atoms with Gasteiger partial charge in [-0.3, -0.25) is 4.68 Å². The molecule has 0 radical (unpaired) electrons. The summed E-state index contributed by atoms with van der Waals surface area (Å²) in [6.07, 6.45) is -3.69. The number of hydrogen-bond donors (Lipinski definition) is 0. The summed E-state index contributed by atoms with van der Waals surface area (Å²) < 4.78 is 51.2. The summed E-state index contributed by atoms with van der Waals surface area (Å²) >= 11 is 0. The van der Waals surface area contributed by atoms with E-state index in [2.05, 4.69) is 5.10 Å². The molecule has 19 heavy (non-hydrogen) atoms. The number of halogens is 3. The van der Waals surface area contributed by atoms with Crippen molar-refractivity contribution in [1.82, 2.24) is 9.78 Å². The van der Waals surface area contributed by atoms with Crippen LogP contribution in [0.15, 0.2) is 6.20 Å². The predicted molar refractivity (Wildman–Crippen MR) is 63.9 cm³/mol. The van der Waals surface area contributed by atoms with Gasteiger partial charge in [0.05, 0.1) is 28.6 Å². The van der Waals surface area contributed by atoms with Crippen molar-refractivity contribution >= 4 is 12.7 Å². The van der Waals surface area contributed by atoms with Crippen molar-refractivity contribution in [3.8, 4) is 0 Å². The Morgan fingerprint density at radius 1 is 1.16 bits per heavy atom. The Bertz CT molecular complexity index is 481. The third-order valence-electron chi connectivity index (χ3n) is 3.77. The van der Waals surface area contributed by atoms with Crippen LogP contribution in [-0.4, -0.2) is 28.1 Å². The van der Waals surface area contributed by atoms with Crippen molar-refractivity contribution in [3.63, 3.8) is 0 Å². The summed E-state index contributed by atoms with van der Waals surface area (Å²) in [6.45, 7) is 7.15. The van der Waals surface area contributed by atoms with Gasteiger partial charge in [-0.05, 0) is 27.7 Å². The van der Waals surface area contributed by atoms with Crippen LogP contribution in [0.5, 0.6) is 0 Å². The minimum atomic E-state index is -4.48. The SMILES string of the molecule is Cn1ncc(C(F)(F)F)c1B1OC(C)(C)C(C)(C)O1. The fourth-order valence-corrected chi connectivity index (χ4v) is 1.90. The van der Waals surface area contributed by atoms with Gasteiger partial charge in [0, 0.05) is 7.05 Å². The van der Waals surface area contributed by atoms with Crippen LogP contribution in [0.3, 0.4) is 0 Å². The third-order valence-corrected chi connectivity index (χ3v) is 3.77. The lowest BCUT2D eigenvalue weighted by Crippen LogP contribution is -2.42. The second kappa shape index (κ2) is 3.99. The molecule has 0 saturated carbocycles. The Balaban J connectivity index is 2.43. The van der Waals surface area contributed by atoms with Gasteiger partial charge in [0.2, 0.25) is 0 Å². The fourth-order valence-electron chi connectivity index (χ4n) is 1.90. The summed E-state index contributed by atoms with van der Waals surface area (Å²) in [5, 5.41) is 3.66. The number of nitrogens with zero attached hydrogens (tertiary/aromatic N) is 2. The zero-order valence-electron chi connectivity index (χ0n) is 11.5. The lowest BCUT2D eigenvalue weighted by atomic mass is 9.81. The molecular formula is C11H16BF3N2O2. The van der Waals surface area contributed by atoms with E-state index in [1.807, 2.05) is 0 Å². The highest BCUT2D eigenvalue weighted by Gasteiger charge is 2.55. The van der Waals surface area contributed by atoms with Gasteiger partial charge >= 0.3 is 13.3 Å². The van der Waals surface area contributed by atoms with Gasteiger partial charge in [0.15, 0.2) is 0 Å². The molecule has 1 aromatic rings. The average Bonchev–Trinajstić information content (AvgIpc) is 2.65. The minimum absolute atomic E-state index is 0.105. The van der Waals surface area contributed by atoms with E-state index in [9.17, 15) is 13.2 Å². The number of aryl methyl sites for hydroxylation is 1. The molecule has 1 aromatic heterocycles. The maximum absolute atomic E-state index is 12.9. The zero-order chi connectivity index (χ0) is 14.6. The molecule has 4 nitrogen and oxygen atoms in total. The van der Waals surface area contributed by atoms with Crippen LogP contribution in [0.25, 0.3) is 0 Å². The maximum Gasteiger partial charge on any atom is 0.514 e. The Labute approximate surface area is 110 Å². The highest BCUT2D eigenvalue weighted by Crippen LogP contribution is 2.37. The molecule has 2 rings (SSSR count). The van der Waals surface area contributed by atoms with E-state index in [4.69, 9.17) is 9.31 Å². The highest BCUT2D eigenvalue weighted by molar-refractivity contribution is 6.61. The molecule has 1 aliphatic heterocycles. The van der Waals surface area contributed by atoms with E-state index < -0.39 is 30.1 Å². The van der Waals surface area contributed by atoms with Crippen LogP contribution >= 0.6 is 0 Å². The molecule has 0 bridgehead atoms. The molecular weight excluding hydrogens is 260 g/mol. The molecule has 1 saturated heterocycles. The van der Waals surface area contributed by atoms with Crippen molar-refractivity contribution in [2.45, 2.75) is 45.1 Å². The molecule has 0 aliphatic carbocycles. The van der Waals surface area contributed by atoms with Crippen molar-refractivity contribution in [2.24, 2.45) is 7.05 Å². The first-order valence-corrected chi connectivity index (χ1v) is 5.90. The smallest absolute Gasteiger partial charge is 0.398 e. The normalized spacial score (nSPS) is 22.0. The van der Waals surface area contributed by atoms with E-state index >= 15 is 0 Å². The number of hydrogen-bond acceptors (Lipinski definition) is 3. The number of alkyl halides is 3. The van der Waals surface area contributed by atoms with Crippen LogP contribution in [0.1, 0.15) is 33.3 Å². The van der Waals surface area contributed by atoms with Gasteiger partial charge in [-0.1, -0.05) is 0 Å². The summed E-state index contributed by atoms with van der Waals surface area (Å²) in [5.74, 6) is 0. The van der Waals surface area contributed by atoms with E-state index in [0.717, 1.165) is 10.9 Å². The number of rotatable bonds is 1. The fraction of sp³-hybridized carbons (Fsp3) is 0.727. The molecule has 0 atom stereocenters. The zero-order valence-corrected chi connectivity index (χ0v) is 11.5. The van der Waals surface area contributed by atoms with Crippen LogP contribution in [0.4, 0.5) is 13.2 Å². The van der Waals surface area contributed by atoms with Crippen molar-refractivity contribution < 1.29 is 22.5 Å². The molecule has 0 spiro atoms. The average molecular weight is 276 g/mol. The predicted octanol–water partition coefficient (Wildman–Crippen LogP) is 1.74. The second-order valence-corrected chi connectivity index (χ2v) is 5.65. The first-order valence-electron chi connectivity index (χ1n) is 5.90. The quantitative estimate of drug-likeness (QED) is 0.733. The van der Waals surface area contributed by atoms with E-state index in [-0.39, 0.29) is 5.59 Å². The summed E-state index contributed by atoms with van der Waals surface area (Å²) in [4.78, 5) is 0. The van der Waals surface area contributed by atoms with Gasteiger partial charge in [-0.15, -0.1) is 0 Å². The van der Waals surface area contributed by atoms with Crippen LogP contribution in [0.2, 0.25) is 0 Å².